The van der Waals surface area contributed by atoms with Crippen molar-refractivity contribution in [1.29, 1.82) is 0 Å². The summed E-state index contributed by atoms with van der Waals surface area (Å²) in [6.45, 7) is 0. The summed E-state index contributed by atoms with van der Waals surface area (Å²) in [6, 6.07) is 12.8. The van der Waals surface area contributed by atoms with Gasteiger partial charge in [-0.2, -0.15) is 0 Å². The maximum atomic E-state index is 12.1. The van der Waals surface area contributed by atoms with E-state index < -0.39 is 0 Å². The van der Waals surface area contributed by atoms with Gasteiger partial charge in [-0.25, -0.2) is 0 Å². The second-order valence-corrected chi connectivity index (χ2v) is 5.65. The van der Waals surface area contributed by atoms with E-state index in [9.17, 15) is 9.59 Å². The SMILES string of the molecule is O=C(Cc1ccc2c(c1)CCC(=O)N2)Nc1ccccc1Cl. The van der Waals surface area contributed by atoms with Crippen LogP contribution in [0.15, 0.2) is 42.5 Å². The Balaban J connectivity index is 1.70. The zero-order valence-electron chi connectivity index (χ0n) is 11.9. The first-order valence-electron chi connectivity index (χ1n) is 7.08. The first-order chi connectivity index (χ1) is 10.6. The molecule has 0 saturated heterocycles. The van der Waals surface area contributed by atoms with Gasteiger partial charge in [0.15, 0.2) is 0 Å². The lowest BCUT2D eigenvalue weighted by molar-refractivity contribution is -0.117. The minimum Gasteiger partial charge on any atom is -0.326 e. The molecule has 1 heterocycles. The lowest BCUT2D eigenvalue weighted by Gasteiger charge is -2.17. The second-order valence-electron chi connectivity index (χ2n) is 5.24. The Hall–Kier alpha value is -2.33. The summed E-state index contributed by atoms with van der Waals surface area (Å²) in [5.74, 6) is -0.0791. The molecule has 0 atom stereocenters. The van der Waals surface area contributed by atoms with Crippen LogP contribution >= 0.6 is 11.6 Å². The number of para-hydroxylation sites is 1. The molecular formula is C17H15ClN2O2. The average Bonchev–Trinajstić information content (AvgIpc) is 2.50. The van der Waals surface area contributed by atoms with Crippen molar-refractivity contribution < 1.29 is 9.59 Å². The third-order valence-electron chi connectivity index (χ3n) is 3.58. The van der Waals surface area contributed by atoms with Crippen LogP contribution < -0.4 is 10.6 Å². The molecule has 0 radical (unpaired) electrons. The Morgan fingerprint density at radius 3 is 2.82 bits per heavy atom. The molecule has 2 N–H and O–H groups in total. The lowest BCUT2D eigenvalue weighted by Crippen LogP contribution is -2.19. The van der Waals surface area contributed by atoms with Crippen LogP contribution in [0.5, 0.6) is 0 Å². The minimum atomic E-state index is -0.118. The molecule has 4 nitrogen and oxygen atoms in total. The van der Waals surface area contributed by atoms with E-state index in [1.165, 1.54) is 0 Å². The van der Waals surface area contributed by atoms with Crippen LogP contribution in [0.1, 0.15) is 17.5 Å². The summed E-state index contributed by atoms with van der Waals surface area (Å²) < 4.78 is 0. The molecule has 0 aliphatic carbocycles. The van der Waals surface area contributed by atoms with Gasteiger partial charge in [-0.3, -0.25) is 9.59 Å². The summed E-state index contributed by atoms with van der Waals surface area (Å²) in [5, 5.41) is 6.15. The van der Waals surface area contributed by atoms with Crippen molar-refractivity contribution in [1.82, 2.24) is 0 Å². The fraction of sp³-hybridized carbons (Fsp3) is 0.176. The molecule has 0 aromatic heterocycles. The molecule has 22 heavy (non-hydrogen) atoms. The molecule has 0 spiro atoms. The lowest BCUT2D eigenvalue weighted by atomic mass is 9.99. The summed E-state index contributed by atoms with van der Waals surface area (Å²) >= 11 is 6.02. The Morgan fingerprint density at radius 1 is 1.18 bits per heavy atom. The number of hydrogen-bond donors (Lipinski definition) is 2. The quantitative estimate of drug-likeness (QED) is 0.912. The highest BCUT2D eigenvalue weighted by atomic mass is 35.5. The smallest absolute Gasteiger partial charge is 0.228 e. The Kier molecular flexibility index (Phi) is 4.11. The maximum absolute atomic E-state index is 12.1. The maximum Gasteiger partial charge on any atom is 0.228 e. The number of nitrogens with one attached hydrogen (secondary N) is 2. The molecule has 5 heteroatoms. The van der Waals surface area contributed by atoms with E-state index in [1.54, 1.807) is 12.1 Å². The van der Waals surface area contributed by atoms with Gasteiger partial charge in [0.05, 0.1) is 17.1 Å². The van der Waals surface area contributed by atoms with Gasteiger partial charge in [-0.1, -0.05) is 35.9 Å². The zero-order valence-corrected chi connectivity index (χ0v) is 12.6. The van der Waals surface area contributed by atoms with E-state index in [0.29, 0.717) is 23.6 Å². The molecular weight excluding hydrogens is 300 g/mol. The number of rotatable bonds is 3. The van der Waals surface area contributed by atoms with E-state index in [2.05, 4.69) is 10.6 Å². The first-order valence-corrected chi connectivity index (χ1v) is 7.45. The number of benzene rings is 2. The van der Waals surface area contributed by atoms with Crippen molar-refractivity contribution >= 4 is 34.8 Å². The van der Waals surface area contributed by atoms with Crippen LogP contribution in [-0.4, -0.2) is 11.8 Å². The minimum absolute atomic E-state index is 0.0386. The van der Waals surface area contributed by atoms with Gasteiger partial charge in [0, 0.05) is 12.1 Å². The van der Waals surface area contributed by atoms with Gasteiger partial charge >= 0.3 is 0 Å². The van der Waals surface area contributed by atoms with Gasteiger partial charge < -0.3 is 10.6 Å². The van der Waals surface area contributed by atoms with E-state index in [1.807, 2.05) is 30.3 Å². The molecule has 2 amide bonds. The number of amides is 2. The van der Waals surface area contributed by atoms with Crippen molar-refractivity contribution in [2.45, 2.75) is 19.3 Å². The summed E-state index contributed by atoms with van der Waals surface area (Å²) in [4.78, 5) is 23.5. The largest absolute Gasteiger partial charge is 0.326 e. The van der Waals surface area contributed by atoms with E-state index >= 15 is 0 Å². The molecule has 3 rings (SSSR count). The highest BCUT2D eigenvalue weighted by Crippen LogP contribution is 2.24. The van der Waals surface area contributed by atoms with Crippen molar-refractivity contribution in [3.8, 4) is 0 Å². The Bertz CT molecular complexity index is 743. The Morgan fingerprint density at radius 2 is 2.00 bits per heavy atom. The van der Waals surface area contributed by atoms with E-state index in [4.69, 9.17) is 11.6 Å². The monoisotopic (exact) mass is 314 g/mol. The number of anilines is 2. The summed E-state index contributed by atoms with van der Waals surface area (Å²) in [6.07, 6.45) is 1.47. The molecule has 1 aliphatic heterocycles. The molecule has 1 aliphatic rings. The summed E-state index contributed by atoms with van der Waals surface area (Å²) in [7, 11) is 0. The third kappa shape index (κ3) is 3.28. The molecule has 0 unspecified atom stereocenters. The molecule has 0 saturated carbocycles. The molecule has 0 fully saturated rings. The highest BCUT2D eigenvalue weighted by Gasteiger charge is 2.15. The zero-order chi connectivity index (χ0) is 15.5. The van der Waals surface area contributed by atoms with Crippen LogP contribution in [0, 0.1) is 0 Å². The highest BCUT2D eigenvalue weighted by molar-refractivity contribution is 6.33. The van der Waals surface area contributed by atoms with Crippen molar-refractivity contribution in [2.24, 2.45) is 0 Å². The molecule has 2 aromatic carbocycles. The molecule has 2 aromatic rings. The normalized spacial score (nSPS) is 13.2. The second kappa shape index (κ2) is 6.20. The molecule has 112 valence electrons. The fourth-order valence-electron chi connectivity index (χ4n) is 2.49. The number of carbonyl (C=O) groups is 2. The predicted molar refractivity (Wildman–Crippen MR) is 87.2 cm³/mol. The molecule has 0 bridgehead atoms. The average molecular weight is 315 g/mol. The van der Waals surface area contributed by atoms with Gasteiger partial charge in [0.2, 0.25) is 11.8 Å². The number of fused-ring (bicyclic) bond motifs is 1. The van der Waals surface area contributed by atoms with Crippen LogP contribution in [0.4, 0.5) is 11.4 Å². The van der Waals surface area contributed by atoms with Crippen LogP contribution in [0.3, 0.4) is 0 Å². The van der Waals surface area contributed by atoms with E-state index in [0.717, 1.165) is 16.8 Å². The van der Waals surface area contributed by atoms with Crippen LogP contribution in [0.25, 0.3) is 0 Å². The van der Waals surface area contributed by atoms with Crippen molar-refractivity contribution in [3.05, 3.63) is 58.6 Å². The third-order valence-corrected chi connectivity index (χ3v) is 3.91. The number of hydrogen-bond acceptors (Lipinski definition) is 2. The van der Waals surface area contributed by atoms with Crippen LogP contribution in [0.2, 0.25) is 5.02 Å². The number of aryl methyl sites for hydroxylation is 1. The van der Waals surface area contributed by atoms with Gasteiger partial charge in [0.25, 0.3) is 0 Å². The summed E-state index contributed by atoms with van der Waals surface area (Å²) in [5.41, 5.74) is 3.44. The van der Waals surface area contributed by atoms with Gasteiger partial charge in [-0.05, 0) is 35.7 Å². The topological polar surface area (TPSA) is 58.2 Å². The van der Waals surface area contributed by atoms with Gasteiger partial charge in [-0.15, -0.1) is 0 Å². The fourth-order valence-corrected chi connectivity index (χ4v) is 2.67. The van der Waals surface area contributed by atoms with Gasteiger partial charge in [0.1, 0.15) is 0 Å². The first kappa shape index (κ1) is 14.6. The van der Waals surface area contributed by atoms with Crippen LogP contribution in [-0.2, 0) is 22.4 Å². The number of halogens is 1. The Labute approximate surface area is 133 Å². The predicted octanol–water partition coefficient (Wildman–Crippen LogP) is 3.41. The number of carbonyl (C=O) groups excluding carboxylic acids is 2. The standard InChI is InChI=1S/C17H15ClN2O2/c18-13-3-1-2-4-15(13)20-17(22)10-11-5-7-14-12(9-11)6-8-16(21)19-14/h1-5,7,9H,6,8,10H2,(H,19,21)(H,20,22). The van der Waals surface area contributed by atoms with Crippen molar-refractivity contribution in [2.75, 3.05) is 10.6 Å². The van der Waals surface area contributed by atoms with E-state index in [-0.39, 0.29) is 18.2 Å². The van der Waals surface area contributed by atoms with Crippen molar-refractivity contribution in [3.63, 3.8) is 0 Å².